The van der Waals surface area contributed by atoms with Crippen LogP contribution < -0.4 is 4.74 Å². The fourth-order valence-electron chi connectivity index (χ4n) is 4.78. The number of aryl methyl sites for hydroxylation is 2. The van der Waals surface area contributed by atoms with E-state index >= 15 is 0 Å². The van der Waals surface area contributed by atoms with Gasteiger partial charge >= 0.3 is 0 Å². The molecular formula is C28H44O3. The molecule has 1 heterocycles. The Kier molecular flexibility index (Phi) is 10.4. The molecule has 0 bridgehead atoms. The normalized spacial score (nSPS) is 14.5. The van der Waals surface area contributed by atoms with Gasteiger partial charge in [0.1, 0.15) is 23.0 Å². The summed E-state index contributed by atoms with van der Waals surface area (Å²) in [5.41, 5.74) is 5.77. The molecule has 0 saturated heterocycles. The van der Waals surface area contributed by atoms with Crippen molar-refractivity contribution in [2.24, 2.45) is 5.92 Å². The van der Waals surface area contributed by atoms with Crippen LogP contribution in [0.1, 0.15) is 107 Å². The van der Waals surface area contributed by atoms with Gasteiger partial charge in [0.2, 0.25) is 0 Å². The van der Waals surface area contributed by atoms with Crippen molar-refractivity contribution < 1.29 is 14.9 Å². The molecule has 31 heavy (non-hydrogen) atoms. The van der Waals surface area contributed by atoms with Crippen LogP contribution in [0.4, 0.5) is 0 Å². The average Bonchev–Trinajstić information content (AvgIpc) is 3.34. The lowest BCUT2D eigenvalue weighted by Crippen LogP contribution is -2.19. The van der Waals surface area contributed by atoms with Crippen LogP contribution in [-0.4, -0.2) is 10.2 Å². The van der Waals surface area contributed by atoms with Gasteiger partial charge in [-0.3, -0.25) is 0 Å². The second-order valence-corrected chi connectivity index (χ2v) is 7.80. The Morgan fingerprint density at radius 1 is 0.677 bits per heavy atom. The topological polar surface area (TPSA) is 49.7 Å². The highest BCUT2D eigenvalue weighted by atomic mass is 16.5. The summed E-state index contributed by atoms with van der Waals surface area (Å²) in [5.74, 6) is 3.03. The number of ether oxygens (including phenoxy) is 1. The summed E-state index contributed by atoms with van der Waals surface area (Å²) in [6, 6.07) is 4.20. The molecule has 1 fully saturated rings. The van der Waals surface area contributed by atoms with E-state index in [9.17, 15) is 10.2 Å². The average molecular weight is 429 g/mol. The molecule has 0 radical (unpaired) electrons. The minimum atomic E-state index is 0.275. The molecular weight excluding hydrogens is 384 g/mol. The number of phenolic OH excluding ortho intramolecular Hbond substituents is 2. The van der Waals surface area contributed by atoms with Crippen molar-refractivity contribution in [2.45, 2.75) is 101 Å². The highest BCUT2D eigenvalue weighted by Gasteiger charge is 2.37. The monoisotopic (exact) mass is 428 g/mol. The maximum Gasteiger partial charge on any atom is 0.137 e. The van der Waals surface area contributed by atoms with Gasteiger partial charge in [-0.2, -0.15) is 0 Å². The molecule has 2 aromatic rings. The standard InChI is InChI=1S/C22H26O3.3C2H6/c1-11-9-16-18(15-7-5-6-8-15)17-10-12(2)20(24)14(4)22(17)25-21(16)13(3)19(11)23;3*1-2/h9-10,15,18,23-24H,5-8H2,1-4H3;3*1-2H3. The summed E-state index contributed by atoms with van der Waals surface area (Å²) in [6.07, 6.45) is 5.00. The molecule has 174 valence electrons. The second-order valence-electron chi connectivity index (χ2n) is 7.80. The van der Waals surface area contributed by atoms with Crippen molar-refractivity contribution >= 4 is 0 Å². The number of rotatable bonds is 1. The highest BCUT2D eigenvalue weighted by molar-refractivity contribution is 5.65. The first-order valence-corrected chi connectivity index (χ1v) is 12.2. The highest BCUT2D eigenvalue weighted by Crippen LogP contribution is 2.56. The molecule has 0 unspecified atom stereocenters. The molecule has 3 nitrogen and oxygen atoms in total. The van der Waals surface area contributed by atoms with Crippen molar-refractivity contribution in [3.63, 3.8) is 0 Å². The summed E-state index contributed by atoms with van der Waals surface area (Å²) in [4.78, 5) is 0. The van der Waals surface area contributed by atoms with Crippen molar-refractivity contribution in [2.75, 3.05) is 0 Å². The molecule has 0 atom stereocenters. The van der Waals surface area contributed by atoms with Crippen LogP contribution in [0, 0.1) is 33.6 Å². The van der Waals surface area contributed by atoms with Gasteiger partial charge in [0.05, 0.1) is 0 Å². The van der Waals surface area contributed by atoms with Crippen molar-refractivity contribution in [3.05, 3.63) is 45.5 Å². The van der Waals surface area contributed by atoms with Crippen molar-refractivity contribution in [1.82, 2.24) is 0 Å². The van der Waals surface area contributed by atoms with Crippen molar-refractivity contribution in [1.29, 1.82) is 0 Å². The van der Waals surface area contributed by atoms with Gasteiger partial charge in [0.15, 0.2) is 0 Å². The van der Waals surface area contributed by atoms with Gasteiger partial charge in [0.25, 0.3) is 0 Å². The van der Waals surface area contributed by atoms with E-state index < -0.39 is 0 Å². The van der Waals surface area contributed by atoms with E-state index in [1.807, 2.05) is 69.2 Å². The summed E-state index contributed by atoms with van der Waals surface area (Å²) in [7, 11) is 0. The number of hydrogen-bond acceptors (Lipinski definition) is 3. The summed E-state index contributed by atoms with van der Waals surface area (Å²) in [6.45, 7) is 19.7. The summed E-state index contributed by atoms with van der Waals surface area (Å²) >= 11 is 0. The Hall–Kier alpha value is -2.16. The third-order valence-electron chi connectivity index (χ3n) is 6.15. The largest absolute Gasteiger partial charge is 0.507 e. The third-order valence-corrected chi connectivity index (χ3v) is 6.15. The predicted octanol–water partition coefficient (Wildman–Crippen LogP) is 8.84. The van der Waals surface area contributed by atoms with Gasteiger partial charge in [-0.1, -0.05) is 54.4 Å². The molecule has 1 saturated carbocycles. The zero-order valence-corrected chi connectivity index (χ0v) is 21.4. The lowest BCUT2D eigenvalue weighted by atomic mass is 9.75. The van der Waals surface area contributed by atoms with E-state index in [0.717, 1.165) is 33.8 Å². The molecule has 0 amide bonds. The fraction of sp³-hybridized carbons (Fsp3) is 0.571. The quantitative estimate of drug-likeness (QED) is 0.477. The Labute approximate surface area is 190 Å². The first-order valence-electron chi connectivity index (χ1n) is 12.2. The maximum absolute atomic E-state index is 10.4. The number of fused-ring (bicyclic) bond motifs is 2. The lowest BCUT2D eigenvalue weighted by molar-refractivity contribution is 0.381. The molecule has 1 aliphatic carbocycles. The minimum absolute atomic E-state index is 0.275. The van der Waals surface area contributed by atoms with Gasteiger partial charge in [-0.05, 0) is 69.7 Å². The molecule has 0 aromatic heterocycles. The Morgan fingerprint density at radius 2 is 1.03 bits per heavy atom. The SMILES string of the molecule is CC.CC.CC.Cc1cc2c(c(C)c1O)Oc1c(cc(C)c(O)c1C)C2C1CCCC1. The van der Waals surface area contributed by atoms with Gasteiger partial charge in [-0.25, -0.2) is 0 Å². The zero-order valence-electron chi connectivity index (χ0n) is 21.4. The number of benzene rings is 2. The van der Waals surface area contributed by atoms with Crippen molar-refractivity contribution in [3.8, 4) is 23.0 Å². The van der Waals surface area contributed by atoms with E-state index in [0.29, 0.717) is 17.4 Å². The first-order chi connectivity index (χ1) is 14.9. The smallest absolute Gasteiger partial charge is 0.137 e. The molecule has 0 spiro atoms. The first kappa shape index (κ1) is 26.9. The minimum Gasteiger partial charge on any atom is -0.507 e. The van der Waals surface area contributed by atoms with Crippen LogP contribution in [0.25, 0.3) is 0 Å². The lowest BCUT2D eigenvalue weighted by Gasteiger charge is -2.35. The molecule has 1 aliphatic heterocycles. The van der Waals surface area contributed by atoms with E-state index in [4.69, 9.17) is 4.74 Å². The Bertz CT molecular complexity index is 798. The number of phenols is 2. The number of aromatic hydroxyl groups is 2. The fourth-order valence-corrected chi connectivity index (χ4v) is 4.78. The van der Waals surface area contributed by atoms with Crippen LogP contribution in [0.5, 0.6) is 23.0 Å². The van der Waals surface area contributed by atoms with E-state index in [1.54, 1.807) is 0 Å². The number of hydrogen-bond donors (Lipinski definition) is 2. The summed E-state index contributed by atoms with van der Waals surface area (Å²) in [5, 5.41) is 20.8. The molecule has 2 aliphatic rings. The van der Waals surface area contributed by atoms with Gasteiger partial charge in [0, 0.05) is 28.2 Å². The summed E-state index contributed by atoms with van der Waals surface area (Å²) < 4.78 is 6.28. The van der Waals surface area contributed by atoms with Crippen LogP contribution in [0.15, 0.2) is 12.1 Å². The van der Waals surface area contributed by atoms with Gasteiger partial charge < -0.3 is 14.9 Å². The molecule has 2 aromatic carbocycles. The van der Waals surface area contributed by atoms with Gasteiger partial charge in [-0.15, -0.1) is 0 Å². The molecule has 2 N–H and O–H groups in total. The zero-order chi connectivity index (χ0) is 23.9. The van der Waals surface area contributed by atoms with E-state index in [1.165, 1.54) is 36.8 Å². The van der Waals surface area contributed by atoms with Crippen LogP contribution in [-0.2, 0) is 0 Å². The van der Waals surface area contributed by atoms with E-state index in [2.05, 4.69) is 12.1 Å². The Balaban J connectivity index is 0.000000739. The van der Waals surface area contributed by atoms with Crippen LogP contribution >= 0.6 is 0 Å². The molecule has 3 heteroatoms. The predicted molar refractivity (Wildman–Crippen MR) is 133 cm³/mol. The Morgan fingerprint density at radius 3 is 1.39 bits per heavy atom. The van der Waals surface area contributed by atoms with Crippen LogP contribution in [0.3, 0.4) is 0 Å². The second kappa shape index (κ2) is 12.0. The van der Waals surface area contributed by atoms with E-state index in [-0.39, 0.29) is 5.92 Å². The maximum atomic E-state index is 10.4. The third kappa shape index (κ3) is 5.02. The van der Waals surface area contributed by atoms with Crippen LogP contribution in [0.2, 0.25) is 0 Å². The molecule has 4 rings (SSSR count).